The molecule has 0 aromatic carbocycles. The van der Waals surface area contributed by atoms with Crippen molar-refractivity contribution < 1.29 is 42.2 Å². The summed E-state index contributed by atoms with van der Waals surface area (Å²) in [6.45, 7) is 0. The van der Waals surface area contributed by atoms with Crippen molar-refractivity contribution in [3.63, 3.8) is 0 Å². The van der Waals surface area contributed by atoms with E-state index in [-0.39, 0.29) is 34.7 Å². The van der Waals surface area contributed by atoms with Crippen molar-refractivity contribution in [1.82, 2.24) is 0 Å². The topological polar surface area (TPSA) is 237 Å². The molecule has 0 aromatic heterocycles. The molecule has 0 atom stereocenters. The molecule has 18 heavy (non-hydrogen) atoms. The maximum Gasteiger partial charge on any atom is 3.00 e. The van der Waals surface area contributed by atoms with Crippen LogP contribution in [0.2, 0.25) is 0 Å². The second-order valence-electron chi connectivity index (χ2n) is 0.750. The van der Waals surface area contributed by atoms with Gasteiger partial charge in [-0.1, -0.05) is 0 Å². The molecule has 0 bridgehead atoms. The summed E-state index contributed by atoms with van der Waals surface area (Å²) in [5.41, 5.74) is 0. The summed E-state index contributed by atoms with van der Waals surface area (Å²) in [6.07, 6.45) is 0. The van der Waals surface area contributed by atoms with Crippen LogP contribution in [0.5, 0.6) is 0 Å². The molecule has 0 aliphatic heterocycles. The first-order valence-electron chi connectivity index (χ1n) is 2.35. The summed E-state index contributed by atoms with van der Waals surface area (Å²) < 4.78 is 25.6. The van der Waals surface area contributed by atoms with Crippen molar-refractivity contribution in [1.29, 1.82) is 9.77 Å². The molecule has 0 heterocycles. The molecular weight excluding hydrogens is 366 g/mol. The van der Waals surface area contributed by atoms with Gasteiger partial charge in [-0.25, -0.2) is 0 Å². The third-order valence-electron chi connectivity index (χ3n) is 0. The van der Waals surface area contributed by atoms with Crippen LogP contribution >= 0.6 is 0 Å². The molecule has 0 aliphatic carbocycles. The molecule has 11 nitrogen and oxygen atoms in total. The quantitative estimate of drug-likeness (QED) is 0.363. The van der Waals surface area contributed by atoms with Gasteiger partial charge in [-0.2, -0.15) is 0 Å². The Morgan fingerprint density at radius 1 is 0.556 bits per heavy atom. The maximum atomic E-state index is 8.52. The van der Waals surface area contributed by atoms with E-state index < -0.39 is 27.5 Å². The predicted molar refractivity (Wildman–Crippen MR) is 48.6 cm³/mol. The maximum absolute atomic E-state index is 8.52. The minimum atomic E-state index is -3.63. The van der Waals surface area contributed by atoms with Crippen LogP contribution < -0.4 is 28.8 Å². The van der Waals surface area contributed by atoms with Gasteiger partial charge in [0.25, 0.3) is 0 Å². The molecule has 0 rings (SSSR count). The number of hydrogen-bond donors (Lipinski definition) is 0. The fraction of sp³-hybridized carbons (Fsp3) is 0. The average Bonchev–Trinajstić information content (AvgIpc) is 2.07. The van der Waals surface area contributed by atoms with Gasteiger partial charge in [0.15, 0.2) is 19.8 Å². The normalized spacial score (nSPS) is 4.22. The summed E-state index contributed by atoms with van der Waals surface area (Å²) in [6, 6.07) is 0. The van der Waals surface area contributed by atoms with Gasteiger partial charge in [-0.3, -0.25) is 9.77 Å². The zero-order chi connectivity index (χ0) is 14.7. The Hall–Kier alpha value is -0.231. The van der Waals surface area contributed by atoms with E-state index in [1.807, 2.05) is 0 Å². The largest absolute Gasteiger partial charge is 3.00 e. The van der Waals surface area contributed by atoms with E-state index in [2.05, 4.69) is 0 Å². The van der Waals surface area contributed by atoms with Crippen LogP contribution in [0.4, 0.5) is 0 Å². The zero-order valence-electron chi connectivity index (χ0n) is 8.38. The number of nitrogens with zero attached hydrogens (tertiary/aromatic N) is 2. The Balaban J connectivity index is -0.0000000169. The fourth-order valence-corrected chi connectivity index (χ4v) is 0. The van der Waals surface area contributed by atoms with Crippen LogP contribution in [0.25, 0.3) is 0 Å². The first-order chi connectivity index (χ1) is 7.20. The van der Waals surface area contributed by atoms with E-state index in [1.165, 1.54) is 19.8 Å². The Morgan fingerprint density at radius 2 is 0.556 bits per heavy atom. The van der Waals surface area contributed by atoms with Crippen molar-refractivity contribution in [3.8, 4) is 0 Å². The summed E-state index contributed by atoms with van der Waals surface area (Å²) in [5.74, 6) is 0. The average molecular weight is 368 g/mol. The van der Waals surface area contributed by atoms with Crippen LogP contribution in [0.1, 0.15) is 0 Å². The van der Waals surface area contributed by atoms with Gasteiger partial charge in [0, 0.05) is 27.5 Å². The molecule has 0 spiro atoms. The minimum Gasteiger partial charge on any atom is -0.672 e. The summed E-state index contributed by atoms with van der Waals surface area (Å²) in [7, 11) is -8.06. The Kier molecular flexibility index (Phi) is 130. The zero-order valence-corrected chi connectivity index (χ0v) is 16.0. The Morgan fingerprint density at radius 3 is 0.556 bits per heavy atom. The van der Waals surface area contributed by atoms with Crippen molar-refractivity contribution >= 4 is 82.0 Å². The molecule has 0 aromatic rings. The molecule has 0 saturated carbocycles. The number of rotatable bonds is 0. The number of hydrogen-bond acceptors (Lipinski definition) is 11. The van der Waals surface area contributed by atoms with Crippen molar-refractivity contribution in [2.24, 2.45) is 0 Å². The molecule has 18 heteroatoms. The molecule has 0 N–H and O–H groups in total. The van der Waals surface area contributed by atoms with Crippen molar-refractivity contribution in [2.75, 3.05) is 0 Å². The van der Waals surface area contributed by atoms with E-state index in [0.29, 0.717) is 0 Å². The summed E-state index contributed by atoms with van der Waals surface area (Å²) in [4.78, 5) is 64.9. The van der Waals surface area contributed by atoms with Crippen LogP contribution in [0.15, 0.2) is 0 Å². The van der Waals surface area contributed by atoms with Gasteiger partial charge in [0.2, 0.25) is 0 Å². The van der Waals surface area contributed by atoms with Gasteiger partial charge < -0.3 is 42.2 Å². The van der Waals surface area contributed by atoms with Gasteiger partial charge >= 0.3 is 34.7 Å². The third kappa shape index (κ3) is 64700. The second kappa shape index (κ2) is 54.2. The SMILES string of the molecule is N#[SiH].N#[SiH].O=[Si]([O-])[O-].O=[Si]([O-])[O-].O=[Si]([O-])[O-].[Al+3].[Al+3]. The van der Waals surface area contributed by atoms with Gasteiger partial charge in [0.1, 0.15) is 0 Å². The van der Waals surface area contributed by atoms with E-state index in [9.17, 15) is 0 Å². The van der Waals surface area contributed by atoms with E-state index in [4.69, 9.17) is 51.9 Å². The first-order valence-corrected chi connectivity index (χ1v) is 7.06. The third-order valence-corrected chi connectivity index (χ3v) is 0. The van der Waals surface area contributed by atoms with Crippen molar-refractivity contribution in [3.05, 3.63) is 0 Å². The van der Waals surface area contributed by atoms with Crippen LogP contribution in [0.3, 0.4) is 0 Å². The summed E-state index contributed by atoms with van der Waals surface area (Å²) >= 11 is 0. The fourth-order valence-electron chi connectivity index (χ4n) is 0. The van der Waals surface area contributed by atoms with Crippen LogP contribution in [-0.2, 0) is 13.4 Å². The molecule has 0 fully saturated rings. The summed E-state index contributed by atoms with van der Waals surface area (Å²) in [5, 5.41) is 0. The van der Waals surface area contributed by atoms with Gasteiger partial charge in [-0.05, 0) is 0 Å². The molecule has 0 amide bonds. The molecule has 0 radical (unpaired) electrons. The predicted octanol–water partition coefficient (Wildman–Crippen LogP) is -10.7. The Bertz CT molecular complexity index is 183. The van der Waals surface area contributed by atoms with Crippen LogP contribution in [0, 0.1) is 9.77 Å². The molecular formula is H2Al2N2O9Si5. The van der Waals surface area contributed by atoms with Gasteiger partial charge in [-0.15, -0.1) is 0 Å². The molecule has 0 aliphatic rings. The second-order valence-corrected chi connectivity index (χ2v) is 2.25. The minimum absolute atomic E-state index is 0. The molecule has 92 valence electrons. The van der Waals surface area contributed by atoms with Crippen molar-refractivity contribution in [2.45, 2.75) is 0 Å². The molecule has 0 saturated heterocycles. The monoisotopic (exact) mass is 368 g/mol. The van der Waals surface area contributed by atoms with E-state index >= 15 is 0 Å². The standard InChI is InChI=1S/2Al.2HNSi.3O3Si/c;;2*1-2;3*1-4(2)3/h;;2*2H;;;/q2*+3;;;3*-2. The first kappa shape index (κ1) is 43.1. The Labute approximate surface area is 133 Å². The van der Waals surface area contributed by atoms with E-state index in [1.54, 1.807) is 0 Å². The van der Waals surface area contributed by atoms with Gasteiger partial charge in [0.05, 0.1) is 0 Å². The van der Waals surface area contributed by atoms with Crippen LogP contribution in [-0.4, -0.2) is 82.0 Å². The molecule has 0 unspecified atom stereocenters. The smallest absolute Gasteiger partial charge is 0.672 e. The van der Waals surface area contributed by atoms with E-state index in [0.717, 1.165) is 0 Å².